The van der Waals surface area contributed by atoms with E-state index >= 15 is 0 Å². The highest BCUT2D eigenvalue weighted by Crippen LogP contribution is 2.16. The summed E-state index contributed by atoms with van der Waals surface area (Å²) in [5.74, 6) is -0.100. The molecule has 0 saturated heterocycles. The van der Waals surface area contributed by atoms with Crippen molar-refractivity contribution in [1.29, 1.82) is 0 Å². The number of anilines is 1. The van der Waals surface area contributed by atoms with Gasteiger partial charge in [0.05, 0.1) is 17.5 Å². The molecular weight excluding hydrogens is 244 g/mol. The van der Waals surface area contributed by atoms with Gasteiger partial charge >= 0.3 is 0 Å². The van der Waals surface area contributed by atoms with Gasteiger partial charge in [-0.1, -0.05) is 26.7 Å². The number of nitrogens with zero attached hydrogens (tertiary/aromatic N) is 2. The van der Waals surface area contributed by atoms with Crippen molar-refractivity contribution in [2.45, 2.75) is 39.7 Å². The average Bonchev–Trinajstić information content (AvgIpc) is 2.62. The van der Waals surface area contributed by atoms with Gasteiger partial charge in [0.2, 0.25) is 0 Å². The van der Waals surface area contributed by atoms with Crippen LogP contribution in [0, 0.1) is 12.8 Å². The van der Waals surface area contributed by atoms with Crippen LogP contribution in [0.5, 0.6) is 0 Å². The number of rotatable bonds is 6. The lowest BCUT2D eigenvalue weighted by molar-refractivity contribution is 0.0810. The zero-order valence-corrected chi connectivity index (χ0v) is 12.1. The van der Waals surface area contributed by atoms with Crippen LogP contribution in [0.2, 0.25) is 0 Å². The van der Waals surface area contributed by atoms with Gasteiger partial charge in [0.25, 0.3) is 5.91 Å². The van der Waals surface area contributed by atoms with Crippen molar-refractivity contribution in [1.82, 2.24) is 15.1 Å². The first-order valence-corrected chi connectivity index (χ1v) is 6.67. The highest BCUT2D eigenvalue weighted by atomic mass is 16.3. The van der Waals surface area contributed by atoms with E-state index in [2.05, 4.69) is 10.4 Å². The minimum Gasteiger partial charge on any atom is -0.395 e. The van der Waals surface area contributed by atoms with Crippen molar-refractivity contribution in [2.24, 2.45) is 13.0 Å². The number of nitrogens with one attached hydrogen (secondary N) is 1. The van der Waals surface area contributed by atoms with Crippen LogP contribution in [0.1, 0.15) is 42.9 Å². The molecule has 6 nitrogen and oxygen atoms in total. The molecule has 0 aromatic carbocycles. The summed E-state index contributed by atoms with van der Waals surface area (Å²) in [5.41, 5.74) is 7.18. The van der Waals surface area contributed by atoms with E-state index in [1.807, 2.05) is 13.8 Å². The molecule has 0 aliphatic rings. The molecule has 6 heteroatoms. The van der Waals surface area contributed by atoms with Gasteiger partial charge < -0.3 is 16.2 Å². The smallest absolute Gasteiger partial charge is 0.271 e. The first kappa shape index (κ1) is 15.5. The number of aryl methyl sites for hydroxylation is 2. The molecule has 108 valence electrons. The van der Waals surface area contributed by atoms with Gasteiger partial charge in [-0.3, -0.25) is 9.48 Å². The molecule has 0 bridgehead atoms. The normalized spacial score (nSPS) is 12.7. The minimum absolute atomic E-state index is 0.200. The Balaban J connectivity index is 2.66. The summed E-state index contributed by atoms with van der Waals surface area (Å²) >= 11 is 0. The van der Waals surface area contributed by atoms with Gasteiger partial charge in [0.1, 0.15) is 5.69 Å². The summed E-state index contributed by atoms with van der Waals surface area (Å²) in [6.07, 6.45) is 1.25. The molecule has 0 aliphatic carbocycles. The summed E-state index contributed by atoms with van der Waals surface area (Å²) in [6, 6.07) is 0. The maximum absolute atomic E-state index is 12.0. The number of carbonyl (C=O) groups excluding carboxylic acids is 1. The molecule has 1 atom stereocenters. The van der Waals surface area contributed by atoms with E-state index < -0.39 is 6.10 Å². The SMILES string of the molecule is CCC(CC)C(O)CNC(=O)c1c(N)c(C)nn1C. The van der Waals surface area contributed by atoms with E-state index in [1.165, 1.54) is 4.68 Å². The van der Waals surface area contributed by atoms with Crippen molar-refractivity contribution in [3.63, 3.8) is 0 Å². The fourth-order valence-electron chi connectivity index (χ4n) is 2.22. The maximum Gasteiger partial charge on any atom is 0.271 e. The number of aliphatic hydroxyl groups excluding tert-OH is 1. The lowest BCUT2D eigenvalue weighted by atomic mass is 9.96. The van der Waals surface area contributed by atoms with Crippen molar-refractivity contribution in [3.05, 3.63) is 11.4 Å². The van der Waals surface area contributed by atoms with Crippen LogP contribution < -0.4 is 11.1 Å². The van der Waals surface area contributed by atoms with Crippen molar-refractivity contribution >= 4 is 11.6 Å². The van der Waals surface area contributed by atoms with Gasteiger partial charge in [0.15, 0.2) is 0 Å². The molecule has 1 heterocycles. The molecule has 1 aromatic rings. The number of amides is 1. The molecule has 1 aromatic heterocycles. The van der Waals surface area contributed by atoms with Crippen LogP contribution >= 0.6 is 0 Å². The van der Waals surface area contributed by atoms with Gasteiger partial charge in [-0.2, -0.15) is 5.10 Å². The highest BCUT2D eigenvalue weighted by molar-refractivity contribution is 5.97. The van der Waals surface area contributed by atoms with E-state index in [1.54, 1.807) is 14.0 Å². The molecule has 0 aliphatic heterocycles. The predicted octanol–water partition coefficient (Wildman–Crippen LogP) is 0.838. The third-order valence-electron chi connectivity index (χ3n) is 3.55. The Hall–Kier alpha value is -1.56. The Kier molecular flexibility index (Phi) is 5.35. The molecule has 0 saturated carbocycles. The van der Waals surface area contributed by atoms with Crippen molar-refractivity contribution in [2.75, 3.05) is 12.3 Å². The molecule has 1 unspecified atom stereocenters. The molecule has 0 fully saturated rings. The summed E-state index contributed by atoms with van der Waals surface area (Å²) in [5, 5.41) is 16.8. The standard InChI is InChI=1S/C13H24N4O2/c1-5-9(6-2)10(18)7-15-13(19)12-11(14)8(3)16-17(12)4/h9-10,18H,5-7,14H2,1-4H3,(H,15,19). The Morgan fingerprint density at radius 1 is 1.47 bits per heavy atom. The number of hydrogen-bond donors (Lipinski definition) is 3. The molecule has 1 rings (SSSR count). The first-order chi connectivity index (χ1) is 8.92. The quantitative estimate of drug-likeness (QED) is 0.712. The topological polar surface area (TPSA) is 93.2 Å². The van der Waals surface area contributed by atoms with Crippen LogP contribution in [0.15, 0.2) is 0 Å². The predicted molar refractivity (Wildman–Crippen MR) is 74.8 cm³/mol. The van der Waals surface area contributed by atoms with Crippen LogP contribution in [0.3, 0.4) is 0 Å². The second kappa shape index (κ2) is 6.56. The minimum atomic E-state index is -0.533. The number of carbonyl (C=O) groups is 1. The second-order valence-electron chi connectivity index (χ2n) is 4.83. The Morgan fingerprint density at radius 3 is 2.47 bits per heavy atom. The molecule has 0 radical (unpaired) electrons. The summed E-state index contributed by atoms with van der Waals surface area (Å²) in [7, 11) is 1.68. The molecule has 4 N–H and O–H groups in total. The van der Waals surface area contributed by atoms with Gasteiger partial charge in [-0.15, -0.1) is 0 Å². The van der Waals surface area contributed by atoms with Crippen LogP contribution in [0.25, 0.3) is 0 Å². The summed E-state index contributed by atoms with van der Waals surface area (Å²) < 4.78 is 1.46. The third-order valence-corrected chi connectivity index (χ3v) is 3.55. The Bertz CT molecular complexity index is 438. The van der Waals surface area contributed by atoms with E-state index in [-0.39, 0.29) is 18.4 Å². The van der Waals surface area contributed by atoms with E-state index in [4.69, 9.17) is 5.73 Å². The average molecular weight is 268 g/mol. The lowest BCUT2D eigenvalue weighted by Gasteiger charge is -2.20. The molecule has 0 spiro atoms. The number of aliphatic hydroxyl groups is 1. The van der Waals surface area contributed by atoms with Crippen LogP contribution in [-0.2, 0) is 7.05 Å². The van der Waals surface area contributed by atoms with E-state index in [0.717, 1.165) is 12.8 Å². The van der Waals surface area contributed by atoms with Crippen molar-refractivity contribution in [3.8, 4) is 0 Å². The number of nitrogen functional groups attached to an aromatic ring is 1. The summed E-state index contributed by atoms with van der Waals surface area (Å²) in [4.78, 5) is 12.0. The van der Waals surface area contributed by atoms with Gasteiger partial charge in [-0.05, 0) is 12.8 Å². The number of hydrogen-bond acceptors (Lipinski definition) is 4. The molecule has 19 heavy (non-hydrogen) atoms. The fourth-order valence-corrected chi connectivity index (χ4v) is 2.22. The first-order valence-electron chi connectivity index (χ1n) is 6.67. The monoisotopic (exact) mass is 268 g/mol. The maximum atomic E-state index is 12.0. The lowest BCUT2D eigenvalue weighted by Crippen LogP contribution is -2.37. The fraction of sp³-hybridized carbons (Fsp3) is 0.692. The highest BCUT2D eigenvalue weighted by Gasteiger charge is 2.20. The number of aromatic nitrogens is 2. The zero-order valence-electron chi connectivity index (χ0n) is 12.1. The van der Waals surface area contributed by atoms with Gasteiger partial charge in [0, 0.05) is 13.6 Å². The van der Waals surface area contributed by atoms with Gasteiger partial charge in [-0.25, -0.2) is 0 Å². The molecular formula is C13H24N4O2. The van der Waals surface area contributed by atoms with E-state index in [0.29, 0.717) is 17.1 Å². The number of nitrogens with two attached hydrogens (primary N) is 1. The van der Waals surface area contributed by atoms with Crippen molar-refractivity contribution < 1.29 is 9.90 Å². The third kappa shape index (κ3) is 3.47. The van der Waals surface area contributed by atoms with Crippen LogP contribution in [0.4, 0.5) is 5.69 Å². The largest absolute Gasteiger partial charge is 0.395 e. The summed E-state index contributed by atoms with van der Waals surface area (Å²) in [6.45, 7) is 6.04. The Morgan fingerprint density at radius 2 is 2.05 bits per heavy atom. The Labute approximate surface area is 114 Å². The zero-order chi connectivity index (χ0) is 14.6. The second-order valence-corrected chi connectivity index (χ2v) is 4.83. The van der Waals surface area contributed by atoms with E-state index in [9.17, 15) is 9.90 Å². The van der Waals surface area contributed by atoms with Crippen LogP contribution in [-0.4, -0.2) is 33.4 Å². The molecule has 1 amide bonds.